The first-order valence-electron chi connectivity index (χ1n) is 11.8. The summed E-state index contributed by atoms with van der Waals surface area (Å²) >= 11 is 0. The van der Waals surface area contributed by atoms with Crippen LogP contribution in [0.5, 0.6) is 0 Å². The first kappa shape index (κ1) is 21.6. The molecule has 172 valence electrons. The maximum Gasteiger partial charge on any atom is 0.278 e. The molecule has 0 bridgehead atoms. The molecule has 0 unspecified atom stereocenters. The minimum Gasteiger partial charge on any atom is -0.267 e. The molecular weight excluding hydrogens is 444 g/mol. The summed E-state index contributed by atoms with van der Waals surface area (Å²) in [6.45, 7) is 0. The van der Waals surface area contributed by atoms with E-state index in [1.807, 2.05) is 60.7 Å². The van der Waals surface area contributed by atoms with Gasteiger partial charge in [-0.25, -0.2) is 9.97 Å². The Morgan fingerprint density at radius 3 is 2.44 bits per heavy atom. The van der Waals surface area contributed by atoms with Gasteiger partial charge in [0.1, 0.15) is 11.2 Å². The van der Waals surface area contributed by atoms with Crippen LogP contribution < -0.4 is 5.56 Å². The van der Waals surface area contributed by atoms with Crippen molar-refractivity contribution in [2.24, 2.45) is 0 Å². The summed E-state index contributed by atoms with van der Waals surface area (Å²) in [5.41, 5.74) is 5.28. The third-order valence-electron chi connectivity index (χ3n) is 6.15. The van der Waals surface area contributed by atoms with E-state index in [4.69, 9.17) is 0 Å². The summed E-state index contributed by atoms with van der Waals surface area (Å²) in [6, 6.07) is 30.2. The fourth-order valence-electron chi connectivity index (χ4n) is 4.39. The molecule has 5 nitrogen and oxygen atoms in total. The van der Waals surface area contributed by atoms with Gasteiger partial charge >= 0.3 is 0 Å². The lowest BCUT2D eigenvalue weighted by atomic mass is 10.1. The van der Waals surface area contributed by atoms with Crippen LogP contribution in [0.4, 0.5) is 0 Å². The third kappa shape index (κ3) is 4.30. The highest BCUT2D eigenvalue weighted by molar-refractivity contribution is 5.86. The van der Waals surface area contributed by atoms with Gasteiger partial charge in [-0.15, -0.1) is 0 Å². The van der Waals surface area contributed by atoms with Gasteiger partial charge in [0.2, 0.25) is 0 Å². The minimum atomic E-state index is -0.180. The molecule has 0 fully saturated rings. The van der Waals surface area contributed by atoms with E-state index in [0.717, 1.165) is 22.4 Å². The third-order valence-corrected chi connectivity index (χ3v) is 6.15. The Balaban J connectivity index is 1.41. The highest BCUT2D eigenvalue weighted by Gasteiger charge is 2.14. The van der Waals surface area contributed by atoms with Gasteiger partial charge in [-0.3, -0.25) is 14.3 Å². The number of rotatable bonds is 5. The van der Waals surface area contributed by atoms with Crippen LogP contribution in [0.25, 0.3) is 39.8 Å². The number of fused-ring (bicyclic) bond motifs is 2. The van der Waals surface area contributed by atoms with Crippen LogP contribution in [0, 0.1) is 0 Å². The van der Waals surface area contributed by atoms with Gasteiger partial charge < -0.3 is 0 Å². The zero-order valence-corrected chi connectivity index (χ0v) is 19.5. The molecule has 0 aliphatic carbocycles. The van der Waals surface area contributed by atoms with Crippen LogP contribution in [0.2, 0.25) is 0 Å². The second-order valence-corrected chi connectivity index (χ2v) is 8.62. The SMILES string of the molecule is O=c1c(Cc2cccnc2)nc2cccnc2n1-c1cccc(/C=C/c2ccc3ccccc3c2)c1. The van der Waals surface area contributed by atoms with Crippen LogP contribution in [0.1, 0.15) is 22.4 Å². The molecule has 6 aromatic rings. The Morgan fingerprint density at radius 1 is 0.750 bits per heavy atom. The maximum absolute atomic E-state index is 13.6. The van der Waals surface area contributed by atoms with Crippen molar-refractivity contribution in [1.29, 1.82) is 0 Å². The van der Waals surface area contributed by atoms with E-state index in [1.165, 1.54) is 10.8 Å². The van der Waals surface area contributed by atoms with E-state index in [2.05, 4.69) is 57.4 Å². The van der Waals surface area contributed by atoms with E-state index in [-0.39, 0.29) is 5.56 Å². The van der Waals surface area contributed by atoms with Crippen molar-refractivity contribution >= 4 is 34.1 Å². The van der Waals surface area contributed by atoms with Crippen LogP contribution in [0.3, 0.4) is 0 Å². The molecule has 0 N–H and O–H groups in total. The number of pyridine rings is 2. The van der Waals surface area contributed by atoms with E-state index >= 15 is 0 Å². The van der Waals surface area contributed by atoms with Crippen molar-refractivity contribution in [3.05, 3.63) is 142 Å². The Morgan fingerprint density at radius 2 is 1.58 bits per heavy atom. The lowest BCUT2D eigenvalue weighted by Crippen LogP contribution is -2.25. The summed E-state index contributed by atoms with van der Waals surface area (Å²) in [4.78, 5) is 26.9. The lowest BCUT2D eigenvalue weighted by molar-refractivity contribution is 0.924. The molecule has 0 aliphatic heterocycles. The molecule has 0 spiro atoms. The van der Waals surface area contributed by atoms with Crippen LogP contribution >= 0.6 is 0 Å². The number of aromatic nitrogens is 4. The quantitative estimate of drug-likeness (QED) is 0.289. The van der Waals surface area contributed by atoms with Crippen molar-refractivity contribution in [2.75, 3.05) is 0 Å². The summed E-state index contributed by atoms with van der Waals surface area (Å²) in [6.07, 6.45) is 9.72. The van der Waals surface area contributed by atoms with E-state index < -0.39 is 0 Å². The van der Waals surface area contributed by atoms with Gasteiger partial charge in [0, 0.05) is 25.0 Å². The highest BCUT2D eigenvalue weighted by Crippen LogP contribution is 2.20. The van der Waals surface area contributed by atoms with Gasteiger partial charge in [0.05, 0.1) is 5.69 Å². The molecule has 36 heavy (non-hydrogen) atoms. The predicted molar refractivity (Wildman–Crippen MR) is 145 cm³/mol. The second-order valence-electron chi connectivity index (χ2n) is 8.62. The summed E-state index contributed by atoms with van der Waals surface area (Å²) < 4.78 is 1.65. The summed E-state index contributed by atoms with van der Waals surface area (Å²) in [7, 11) is 0. The first-order valence-corrected chi connectivity index (χ1v) is 11.8. The standard InChI is InChI=1S/C31H22N4O/c36-31-29(20-24-7-4-16-32-21-24)34-28-11-5-17-33-30(28)35(31)27-10-3-6-22(19-27)12-13-23-14-15-25-8-1-2-9-26(25)18-23/h1-19,21H,20H2/b13-12+. The zero-order chi connectivity index (χ0) is 24.3. The Kier molecular flexibility index (Phi) is 5.64. The van der Waals surface area contributed by atoms with Gasteiger partial charge in [-0.05, 0) is 63.9 Å². The second kappa shape index (κ2) is 9.39. The molecule has 0 saturated heterocycles. The Bertz CT molecular complexity index is 1790. The van der Waals surface area contributed by atoms with Crippen molar-refractivity contribution < 1.29 is 0 Å². The minimum absolute atomic E-state index is 0.180. The van der Waals surface area contributed by atoms with Gasteiger partial charge in [-0.1, -0.05) is 66.7 Å². The molecule has 3 aromatic carbocycles. The van der Waals surface area contributed by atoms with Crippen LogP contribution in [-0.2, 0) is 6.42 Å². The fourth-order valence-corrected chi connectivity index (χ4v) is 4.39. The molecule has 0 saturated carbocycles. The Labute approximate surface area is 208 Å². The fraction of sp³-hybridized carbons (Fsp3) is 0.0323. The summed E-state index contributed by atoms with van der Waals surface area (Å²) in [5.74, 6) is 0. The first-order chi connectivity index (χ1) is 17.7. The molecular formula is C31H22N4O. The van der Waals surface area contributed by atoms with E-state index in [0.29, 0.717) is 23.3 Å². The Hall–Kier alpha value is -4.90. The topological polar surface area (TPSA) is 60.7 Å². The van der Waals surface area contributed by atoms with Crippen molar-refractivity contribution in [3.63, 3.8) is 0 Å². The molecule has 0 aliphatic rings. The van der Waals surface area contributed by atoms with Crippen molar-refractivity contribution in [3.8, 4) is 5.69 Å². The molecule has 0 atom stereocenters. The molecule has 6 rings (SSSR count). The summed E-state index contributed by atoms with van der Waals surface area (Å²) in [5, 5.41) is 2.42. The van der Waals surface area contributed by atoms with Gasteiger partial charge in [0.25, 0.3) is 5.56 Å². The molecule has 3 aromatic heterocycles. The van der Waals surface area contributed by atoms with E-state index in [1.54, 1.807) is 23.2 Å². The maximum atomic E-state index is 13.6. The highest BCUT2D eigenvalue weighted by atomic mass is 16.1. The normalized spacial score (nSPS) is 11.4. The molecule has 0 radical (unpaired) electrons. The molecule has 5 heteroatoms. The van der Waals surface area contributed by atoms with E-state index in [9.17, 15) is 4.79 Å². The predicted octanol–water partition coefficient (Wildman–Crippen LogP) is 6.09. The van der Waals surface area contributed by atoms with Crippen LogP contribution in [0.15, 0.2) is 114 Å². The van der Waals surface area contributed by atoms with Crippen LogP contribution in [-0.4, -0.2) is 19.5 Å². The van der Waals surface area contributed by atoms with Crippen molar-refractivity contribution in [2.45, 2.75) is 6.42 Å². The largest absolute Gasteiger partial charge is 0.278 e. The average Bonchev–Trinajstić information content (AvgIpc) is 2.93. The number of nitrogens with zero attached hydrogens (tertiary/aromatic N) is 4. The zero-order valence-electron chi connectivity index (χ0n) is 19.5. The lowest BCUT2D eigenvalue weighted by Gasteiger charge is -2.12. The number of hydrogen-bond donors (Lipinski definition) is 0. The monoisotopic (exact) mass is 466 g/mol. The average molecular weight is 467 g/mol. The molecule has 3 heterocycles. The molecule has 0 amide bonds. The van der Waals surface area contributed by atoms with Crippen molar-refractivity contribution in [1.82, 2.24) is 19.5 Å². The van der Waals surface area contributed by atoms with Gasteiger partial charge in [0.15, 0.2) is 5.65 Å². The van der Waals surface area contributed by atoms with Gasteiger partial charge in [-0.2, -0.15) is 0 Å². The number of hydrogen-bond acceptors (Lipinski definition) is 4. The number of benzene rings is 3. The smallest absolute Gasteiger partial charge is 0.267 e.